The predicted octanol–water partition coefficient (Wildman–Crippen LogP) is 3.73. The van der Waals surface area contributed by atoms with Crippen LogP contribution >= 0.6 is 0 Å². The average molecular weight is 324 g/mol. The molecule has 1 N–H and O–H groups in total. The van der Waals surface area contributed by atoms with Gasteiger partial charge in [0.05, 0.1) is 0 Å². The minimum absolute atomic E-state index is 0.332. The summed E-state index contributed by atoms with van der Waals surface area (Å²) in [6.45, 7) is 5.02. The van der Waals surface area contributed by atoms with Gasteiger partial charge < -0.3 is 14.5 Å². The number of hydrogen-bond donors (Lipinski definition) is 1. The Hall–Kier alpha value is -1.94. The summed E-state index contributed by atoms with van der Waals surface area (Å²) in [6.07, 6.45) is 10.8. The number of piperidine rings is 1. The Morgan fingerprint density at radius 2 is 2.08 bits per heavy atom. The summed E-state index contributed by atoms with van der Waals surface area (Å²) in [5.41, 5.74) is 2.52. The lowest BCUT2D eigenvalue weighted by atomic mass is 9.76. The first-order chi connectivity index (χ1) is 11.8. The predicted molar refractivity (Wildman–Crippen MR) is 94.5 cm³/mol. The number of nitrogens with zero attached hydrogens (tertiary/aromatic N) is 1. The summed E-state index contributed by atoms with van der Waals surface area (Å²) in [5.74, 6) is 3.32. The molecule has 3 atom stereocenters. The number of H-pyrrole nitrogens is 1. The quantitative estimate of drug-likeness (QED) is 0.871. The van der Waals surface area contributed by atoms with Gasteiger partial charge in [-0.25, -0.2) is 0 Å². The van der Waals surface area contributed by atoms with Crippen molar-refractivity contribution in [2.75, 3.05) is 19.9 Å². The van der Waals surface area contributed by atoms with Crippen LogP contribution in [-0.4, -0.2) is 35.8 Å². The van der Waals surface area contributed by atoms with Gasteiger partial charge in [-0.05, 0) is 36.3 Å². The molecule has 1 aromatic carbocycles. The standard InChI is InChI=1S/C20H24N2O2/c1-2-14-7-13-3-4-18(14)22(11-13)6-5-15-10-21-17-9-20-19(8-16(15)17)23-12-24-20/h3-4,8-10,13-14,18,21H,2,5-7,11-12H2,1H3/t13-,14?,18-/m0/s1. The zero-order chi connectivity index (χ0) is 16.1. The summed E-state index contributed by atoms with van der Waals surface area (Å²) >= 11 is 0. The molecular weight excluding hydrogens is 300 g/mol. The van der Waals surface area contributed by atoms with E-state index in [9.17, 15) is 0 Å². The Morgan fingerprint density at radius 1 is 1.21 bits per heavy atom. The van der Waals surface area contributed by atoms with E-state index >= 15 is 0 Å². The second kappa shape index (κ2) is 5.55. The molecule has 1 aromatic heterocycles. The molecule has 1 saturated heterocycles. The highest BCUT2D eigenvalue weighted by molar-refractivity contribution is 5.87. The van der Waals surface area contributed by atoms with Crippen LogP contribution in [0.4, 0.5) is 0 Å². The zero-order valence-corrected chi connectivity index (χ0v) is 14.1. The van der Waals surface area contributed by atoms with Crippen molar-refractivity contribution in [2.45, 2.75) is 32.2 Å². The molecule has 1 aliphatic carbocycles. The van der Waals surface area contributed by atoms with E-state index in [-0.39, 0.29) is 0 Å². The summed E-state index contributed by atoms with van der Waals surface area (Å²) in [4.78, 5) is 6.08. The fraction of sp³-hybridized carbons (Fsp3) is 0.500. The van der Waals surface area contributed by atoms with Crippen LogP contribution in [-0.2, 0) is 6.42 Å². The minimum Gasteiger partial charge on any atom is -0.454 e. The maximum Gasteiger partial charge on any atom is 0.231 e. The third-order valence-electron chi connectivity index (χ3n) is 6.01. The first-order valence-corrected chi connectivity index (χ1v) is 9.14. The Bertz CT molecular complexity index is 794. The third kappa shape index (κ3) is 2.24. The topological polar surface area (TPSA) is 37.5 Å². The van der Waals surface area contributed by atoms with Gasteiger partial charge in [-0.1, -0.05) is 25.5 Å². The minimum atomic E-state index is 0.332. The fourth-order valence-electron chi connectivity index (χ4n) is 4.70. The van der Waals surface area contributed by atoms with E-state index in [1.54, 1.807) is 0 Å². The second-order valence-corrected chi connectivity index (χ2v) is 7.35. The number of aromatic amines is 1. The molecule has 4 heterocycles. The first kappa shape index (κ1) is 14.4. The highest BCUT2D eigenvalue weighted by Gasteiger charge is 2.36. The monoisotopic (exact) mass is 324 g/mol. The van der Waals surface area contributed by atoms with Crippen molar-refractivity contribution in [1.29, 1.82) is 0 Å². The number of aromatic nitrogens is 1. The van der Waals surface area contributed by atoms with Crippen LogP contribution in [0.1, 0.15) is 25.3 Å². The van der Waals surface area contributed by atoms with Gasteiger partial charge in [-0.3, -0.25) is 4.90 Å². The Labute approximate surface area is 142 Å². The van der Waals surface area contributed by atoms with E-state index in [4.69, 9.17) is 9.47 Å². The van der Waals surface area contributed by atoms with E-state index in [1.165, 1.54) is 30.3 Å². The van der Waals surface area contributed by atoms with Crippen molar-refractivity contribution in [2.24, 2.45) is 11.8 Å². The molecule has 1 unspecified atom stereocenters. The molecule has 4 nitrogen and oxygen atoms in total. The zero-order valence-electron chi connectivity index (χ0n) is 14.1. The normalized spacial score (nSPS) is 28.1. The Morgan fingerprint density at radius 3 is 2.92 bits per heavy atom. The van der Waals surface area contributed by atoms with Gasteiger partial charge in [-0.15, -0.1) is 0 Å². The van der Waals surface area contributed by atoms with Gasteiger partial charge in [0.25, 0.3) is 0 Å². The van der Waals surface area contributed by atoms with Crippen molar-refractivity contribution < 1.29 is 9.47 Å². The number of fused-ring (bicyclic) bond motifs is 4. The number of benzene rings is 1. The molecule has 4 heteroatoms. The van der Waals surface area contributed by atoms with Crippen LogP contribution < -0.4 is 9.47 Å². The van der Waals surface area contributed by atoms with Crippen LogP contribution in [0.2, 0.25) is 0 Å². The van der Waals surface area contributed by atoms with Crippen LogP contribution in [0, 0.1) is 11.8 Å². The SMILES string of the molecule is CCC1C[C@@H]2C=C[C@@H]1N(CCc1c[nH]c3cc4c(cc13)OCO4)C2. The van der Waals surface area contributed by atoms with E-state index in [1.807, 2.05) is 0 Å². The summed E-state index contributed by atoms with van der Waals surface area (Å²) in [6, 6.07) is 4.83. The van der Waals surface area contributed by atoms with Crippen molar-refractivity contribution in [3.8, 4) is 11.5 Å². The van der Waals surface area contributed by atoms with Crippen LogP contribution in [0.25, 0.3) is 10.9 Å². The summed E-state index contributed by atoms with van der Waals surface area (Å²) in [5, 5.41) is 1.27. The molecular formula is C20H24N2O2. The van der Waals surface area contributed by atoms with E-state index in [2.05, 4.69) is 47.3 Å². The van der Waals surface area contributed by atoms with E-state index < -0.39 is 0 Å². The first-order valence-electron chi connectivity index (χ1n) is 9.14. The van der Waals surface area contributed by atoms with Gasteiger partial charge in [0.2, 0.25) is 6.79 Å². The largest absolute Gasteiger partial charge is 0.454 e. The number of ether oxygens (including phenoxy) is 2. The Balaban J connectivity index is 1.35. The van der Waals surface area contributed by atoms with Crippen molar-refractivity contribution in [3.05, 3.63) is 36.0 Å². The van der Waals surface area contributed by atoms with Crippen molar-refractivity contribution in [1.82, 2.24) is 9.88 Å². The molecule has 0 spiro atoms. The molecule has 2 aromatic rings. The summed E-state index contributed by atoms with van der Waals surface area (Å²) in [7, 11) is 0. The lowest BCUT2D eigenvalue weighted by Crippen LogP contribution is -2.50. The summed E-state index contributed by atoms with van der Waals surface area (Å²) < 4.78 is 11.0. The Kier molecular flexibility index (Phi) is 3.33. The third-order valence-corrected chi connectivity index (χ3v) is 6.01. The molecule has 0 saturated carbocycles. The van der Waals surface area contributed by atoms with Gasteiger partial charge in [0.15, 0.2) is 11.5 Å². The molecule has 126 valence electrons. The molecule has 3 aliphatic heterocycles. The van der Waals surface area contributed by atoms with Crippen LogP contribution in [0.5, 0.6) is 11.5 Å². The van der Waals surface area contributed by atoms with E-state index in [0.29, 0.717) is 12.8 Å². The second-order valence-electron chi connectivity index (χ2n) is 7.35. The van der Waals surface area contributed by atoms with Crippen LogP contribution in [0.3, 0.4) is 0 Å². The highest BCUT2D eigenvalue weighted by atomic mass is 16.7. The molecule has 2 bridgehead atoms. The number of nitrogens with one attached hydrogen (secondary N) is 1. The smallest absolute Gasteiger partial charge is 0.231 e. The lowest BCUT2D eigenvalue weighted by Gasteiger charge is -2.46. The molecule has 0 amide bonds. The highest BCUT2D eigenvalue weighted by Crippen LogP contribution is 2.38. The van der Waals surface area contributed by atoms with Crippen molar-refractivity contribution in [3.63, 3.8) is 0 Å². The molecule has 4 aliphatic rings. The van der Waals surface area contributed by atoms with Gasteiger partial charge >= 0.3 is 0 Å². The maximum absolute atomic E-state index is 5.54. The number of hydrogen-bond acceptors (Lipinski definition) is 3. The molecule has 24 heavy (non-hydrogen) atoms. The number of rotatable bonds is 4. The molecule has 1 fully saturated rings. The fourth-order valence-corrected chi connectivity index (χ4v) is 4.70. The molecule has 0 radical (unpaired) electrons. The lowest BCUT2D eigenvalue weighted by molar-refractivity contribution is 0.0826. The molecule has 6 rings (SSSR count). The average Bonchev–Trinajstić information content (AvgIpc) is 3.24. The van der Waals surface area contributed by atoms with Gasteiger partial charge in [0, 0.05) is 42.3 Å². The van der Waals surface area contributed by atoms with Gasteiger partial charge in [-0.2, -0.15) is 0 Å². The van der Waals surface area contributed by atoms with Gasteiger partial charge in [0.1, 0.15) is 0 Å². The van der Waals surface area contributed by atoms with E-state index in [0.717, 1.165) is 41.8 Å². The van der Waals surface area contributed by atoms with Crippen molar-refractivity contribution >= 4 is 10.9 Å². The van der Waals surface area contributed by atoms with Crippen LogP contribution in [0.15, 0.2) is 30.5 Å². The maximum atomic E-state index is 5.54.